The summed E-state index contributed by atoms with van der Waals surface area (Å²) in [6, 6.07) is 15.1. The lowest BCUT2D eigenvalue weighted by molar-refractivity contribution is -0.147. The molecule has 2 aromatic rings. The summed E-state index contributed by atoms with van der Waals surface area (Å²) < 4.78 is 10.4. The van der Waals surface area contributed by atoms with Gasteiger partial charge in [-0.2, -0.15) is 0 Å². The third kappa shape index (κ3) is 6.67. The lowest BCUT2D eigenvalue weighted by Gasteiger charge is -2.08. The first-order valence-corrected chi connectivity index (χ1v) is 8.26. The van der Waals surface area contributed by atoms with E-state index < -0.39 is 5.97 Å². The third-order valence-electron chi connectivity index (χ3n) is 3.56. The van der Waals surface area contributed by atoms with Gasteiger partial charge in [0.2, 0.25) is 0 Å². The Morgan fingerprint density at radius 3 is 2.24 bits per heavy atom. The van der Waals surface area contributed by atoms with Gasteiger partial charge in [0.1, 0.15) is 5.75 Å². The Kier molecular flexibility index (Phi) is 7.01. The van der Waals surface area contributed by atoms with Crippen LogP contribution < -0.4 is 10.1 Å². The molecule has 0 bridgehead atoms. The number of hydrogen-bond donors (Lipinski definition) is 1. The third-order valence-corrected chi connectivity index (χ3v) is 3.56. The first kappa shape index (κ1) is 18.5. The fraction of sp³-hybridized carbons (Fsp3) is 0.300. The SMILES string of the molecule is CCOc1ccc(CC(=O)OCC(=O)NCc2ccc(C)cc2)cc1. The van der Waals surface area contributed by atoms with Crippen LogP contribution in [-0.2, 0) is 27.3 Å². The molecule has 25 heavy (non-hydrogen) atoms. The predicted octanol–water partition coefficient (Wildman–Crippen LogP) is 2.80. The molecule has 2 rings (SSSR count). The molecule has 0 fully saturated rings. The number of aryl methyl sites for hydroxylation is 1. The molecule has 1 N–H and O–H groups in total. The lowest BCUT2D eigenvalue weighted by atomic mass is 10.1. The van der Waals surface area contributed by atoms with E-state index >= 15 is 0 Å². The number of nitrogens with one attached hydrogen (secondary N) is 1. The summed E-state index contributed by atoms with van der Waals surface area (Å²) >= 11 is 0. The van der Waals surface area contributed by atoms with Crippen LogP contribution in [-0.4, -0.2) is 25.1 Å². The minimum Gasteiger partial charge on any atom is -0.494 e. The summed E-state index contributed by atoms with van der Waals surface area (Å²) in [7, 11) is 0. The average Bonchev–Trinajstić information content (AvgIpc) is 2.61. The lowest BCUT2D eigenvalue weighted by Crippen LogP contribution is -2.28. The number of rotatable bonds is 8. The average molecular weight is 341 g/mol. The van der Waals surface area contributed by atoms with Gasteiger partial charge >= 0.3 is 5.97 Å². The standard InChI is InChI=1S/C20H23NO4/c1-3-24-18-10-8-16(9-11-18)12-20(23)25-14-19(22)21-13-17-6-4-15(2)5-7-17/h4-11H,3,12-14H2,1-2H3,(H,21,22). The van der Waals surface area contributed by atoms with E-state index in [1.54, 1.807) is 12.1 Å². The molecule has 0 saturated carbocycles. The summed E-state index contributed by atoms with van der Waals surface area (Å²) in [6.07, 6.45) is 0.123. The maximum absolute atomic E-state index is 11.8. The second-order valence-corrected chi connectivity index (χ2v) is 5.68. The van der Waals surface area contributed by atoms with Gasteiger partial charge in [-0.1, -0.05) is 42.0 Å². The van der Waals surface area contributed by atoms with Crippen LogP contribution in [0.4, 0.5) is 0 Å². The number of amides is 1. The van der Waals surface area contributed by atoms with Crippen molar-refractivity contribution in [2.75, 3.05) is 13.2 Å². The van der Waals surface area contributed by atoms with Gasteiger partial charge in [-0.05, 0) is 37.1 Å². The van der Waals surface area contributed by atoms with Crippen LogP contribution >= 0.6 is 0 Å². The number of carbonyl (C=O) groups excluding carboxylic acids is 2. The molecule has 0 unspecified atom stereocenters. The van der Waals surface area contributed by atoms with E-state index in [4.69, 9.17) is 9.47 Å². The summed E-state index contributed by atoms with van der Waals surface area (Å²) in [5.74, 6) is 0.00497. The van der Waals surface area contributed by atoms with Gasteiger partial charge in [0.05, 0.1) is 13.0 Å². The molecule has 0 spiro atoms. The molecule has 0 saturated heterocycles. The fourth-order valence-corrected chi connectivity index (χ4v) is 2.19. The number of ether oxygens (including phenoxy) is 2. The van der Waals surface area contributed by atoms with Crippen LogP contribution in [0.15, 0.2) is 48.5 Å². The Bertz CT molecular complexity index is 693. The van der Waals surface area contributed by atoms with E-state index in [-0.39, 0.29) is 18.9 Å². The molecule has 2 aromatic carbocycles. The van der Waals surface area contributed by atoms with Crippen LogP contribution in [0, 0.1) is 6.92 Å². The Labute approximate surface area is 148 Å². The van der Waals surface area contributed by atoms with E-state index in [0.717, 1.165) is 16.9 Å². The molecule has 1 amide bonds. The van der Waals surface area contributed by atoms with Gasteiger partial charge in [-0.3, -0.25) is 9.59 Å². The Balaban J connectivity index is 1.69. The minimum atomic E-state index is -0.436. The number of benzene rings is 2. The zero-order valence-corrected chi connectivity index (χ0v) is 14.6. The highest BCUT2D eigenvalue weighted by atomic mass is 16.5. The number of hydrogen-bond acceptors (Lipinski definition) is 4. The highest BCUT2D eigenvalue weighted by Gasteiger charge is 2.09. The quantitative estimate of drug-likeness (QED) is 0.750. The Hall–Kier alpha value is -2.82. The van der Waals surface area contributed by atoms with Crippen LogP contribution in [0.1, 0.15) is 23.6 Å². The molecular weight excluding hydrogens is 318 g/mol. The minimum absolute atomic E-state index is 0.123. The second kappa shape index (κ2) is 9.47. The van der Waals surface area contributed by atoms with Crippen molar-refractivity contribution in [1.82, 2.24) is 5.32 Å². The summed E-state index contributed by atoms with van der Waals surface area (Å²) in [4.78, 5) is 23.6. The molecule has 0 radical (unpaired) electrons. The summed E-state index contributed by atoms with van der Waals surface area (Å²) in [6.45, 7) is 4.65. The zero-order chi connectivity index (χ0) is 18.1. The van der Waals surface area contributed by atoms with Gasteiger partial charge in [-0.25, -0.2) is 0 Å². The van der Waals surface area contributed by atoms with Crippen LogP contribution in [0.3, 0.4) is 0 Å². The van der Waals surface area contributed by atoms with Gasteiger partial charge < -0.3 is 14.8 Å². The summed E-state index contributed by atoms with van der Waals surface area (Å²) in [5, 5.41) is 2.73. The largest absolute Gasteiger partial charge is 0.494 e. The maximum Gasteiger partial charge on any atom is 0.310 e. The van der Waals surface area contributed by atoms with E-state index in [1.807, 2.05) is 50.2 Å². The van der Waals surface area contributed by atoms with Crippen LogP contribution in [0.2, 0.25) is 0 Å². The molecule has 0 aromatic heterocycles. The predicted molar refractivity (Wildman–Crippen MR) is 95.3 cm³/mol. The molecular formula is C20H23NO4. The number of esters is 1. The molecule has 0 aliphatic carbocycles. The van der Waals surface area contributed by atoms with Crippen molar-refractivity contribution in [3.05, 3.63) is 65.2 Å². The van der Waals surface area contributed by atoms with Crippen LogP contribution in [0.5, 0.6) is 5.75 Å². The van der Waals surface area contributed by atoms with E-state index in [1.165, 1.54) is 5.56 Å². The van der Waals surface area contributed by atoms with E-state index in [0.29, 0.717) is 13.2 Å². The first-order chi connectivity index (χ1) is 12.1. The van der Waals surface area contributed by atoms with Crippen LogP contribution in [0.25, 0.3) is 0 Å². The zero-order valence-electron chi connectivity index (χ0n) is 14.6. The highest BCUT2D eigenvalue weighted by molar-refractivity contribution is 5.81. The van der Waals surface area contributed by atoms with Crippen molar-refractivity contribution in [3.8, 4) is 5.75 Å². The Morgan fingerprint density at radius 1 is 0.960 bits per heavy atom. The van der Waals surface area contributed by atoms with E-state index in [2.05, 4.69) is 5.32 Å². The molecule has 0 heterocycles. The first-order valence-electron chi connectivity index (χ1n) is 8.26. The molecule has 5 nitrogen and oxygen atoms in total. The fourth-order valence-electron chi connectivity index (χ4n) is 2.19. The van der Waals surface area contributed by atoms with Gasteiger partial charge in [0.15, 0.2) is 6.61 Å². The smallest absolute Gasteiger partial charge is 0.310 e. The molecule has 0 atom stereocenters. The van der Waals surface area contributed by atoms with Crippen molar-refractivity contribution in [2.24, 2.45) is 0 Å². The number of carbonyl (C=O) groups is 2. The van der Waals surface area contributed by atoms with Crippen molar-refractivity contribution in [2.45, 2.75) is 26.8 Å². The van der Waals surface area contributed by atoms with Gasteiger partial charge in [0, 0.05) is 6.54 Å². The van der Waals surface area contributed by atoms with Gasteiger partial charge in [-0.15, -0.1) is 0 Å². The van der Waals surface area contributed by atoms with Crippen molar-refractivity contribution < 1.29 is 19.1 Å². The summed E-state index contributed by atoms with van der Waals surface area (Å²) in [5.41, 5.74) is 2.98. The highest BCUT2D eigenvalue weighted by Crippen LogP contribution is 2.12. The molecule has 0 aliphatic rings. The monoisotopic (exact) mass is 341 g/mol. The Morgan fingerprint density at radius 2 is 1.60 bits per heavy atom. The van der Waals surface area contributed by atoms with Crippen molar-refractivity contribution in [3.63, 3.8) is 0 Å². The second-order valence-electron chi connectivity index (χ2n) is 5.68. The molecule has 5 heteroatoms. The molecule has 132 valence electrons. The molecule has 0 aliphatic heterocycles. The normalized spacial score (nSPS) is 10.2. The van der Waals surface area contributed by atoms with Crippen molar-refractivity contribution in [1.29, 1.82) is 0 Å². The van der Waals surface area contributed by atoms with Crippen molar-refractivity contribution >= 4 is 11.9 Å². The van der Waals surface area contributed by atoms with Gasteiger partial charge in [0.25, 0.3) is 5.91 Å². The maximum atomic E-state index is 11.8. The topological polar surface area (TPSA) is 64.6 Å². The van der Waals surface area contributed by atoms with E-state index in [9.17, 15) is 9.59 Å².